The summed E-state index contributed by atoms with van der Waals surface area (Å²) in [5, 5.41) is 10.3. The van der Waals surface area contributed by atoms with E-state index >= 15 is 0 Å². The number of ether oxygens (including phenoxy) is 2. The zero-order valence-electron chi connectivity index (χ0n) is 21.2. The fraction of sp³-hybridized carbons (Fsp3) is 0.423. The number of likely N-dealkylation sites (tertiary alicyclic amines) is 2. The summed E-state index contributed by atoms with van der Waals surface area (Å²) in [6, 6.07) is 1.88. The van der Waals surface area contributed by atoms with Crippen LogP contribution in [0.3, 0.4) is 0 Å². The van der Waals surface area contributed by atoms with Gasteiger partial charge in [0.2, 0.25) is 17.6 Å². The Bertz CT molecular complexity index is 1410. The molecule has 1 aromatic carbocycles. The largest absolute Gasteiger partial charge is 0.502 e. The van der Waals surface area contributed by atoms with Gasteiger partial charge in [-0.2, -0.15) is 4.90 Å². The number of carbonyl (C=O) groups is 5. The van der Waals surface area contributed by atoms with Crippen molar-refractivity contribution in [2.45, 2.75) is 22.6 Å². The van der Waals surface area contributed by atoms with Crippen molar-refractivity contribution < 1.29 is 38.6 Å². The minimum atomic E-state index is -1.97. The number of urea groups is 1. The van der Waals surface area contributed by atoms with Gasteiger partial charge in [-0.1, -0.05) is 39.7 Å². The van der Waals surface area contributed by atoms with Crippen LogP contribution in [0.4, 0.5) is 4.79 Å². The number of benzene rings is 1. The lowest BCUT2D eigenvalue weighted by molar-refractivity contribution is -0.139. The fourth-order valence-electron chi connectivity index (χ4n) is 6.44. The number of phenols is 1. The highest BCUT2D eigenvalue weighted by Crippen LogP contribution is 2.63. The average Bonchev–Trinajstić information content (AvgIpc) is 3.26. The van der Waals surface area contributed by atoms with Crippen LogP contribution in [-0.4, -0.2) is 74.0 Å². The summed E-state index contributed by atoms with van der Waals surface area (Å²) in [7, 11) is 2.75. The first-order valence-electron chi connectivity index (χ1n) is 12.2. The van der Waals surface area contributed by atoms with Crippen molar-refractivity contribution in [1.29, 1.82) is 0 Å². The van der Waals surface area contributed by atoms with Gasteiger partial charge in [0, 0.05) is 5.92 Å². The first-order valence-corrected chi connectivity index (χ1v) is 14.1. The number of methoxy groups -OCH3 is 2. The number of amides is 6. The summed E-state index contributed by atoms with van der Waals surface area (Å²) in [5.74, 6) is -6.54. The quantitative estimate of drug-likeness (QED) is 0.212. The van der Waals surface area contributed by atoms with Gasteiger partial charge in [-0.25, -0.2) is 4.79 Å². The molecular formula is C26H24BrCl2N3O8. The number of hydrogen-bond donors (Lipinski definition) is 2. The molecule has 1 aromatic rings. The lowest BCUT2D eigenvalue weighted by atomic mass is 9.57. The molecule has 14 heteroatoms. The SMILES string of the molecule is COc1cc(C=CC2C3=CCC4C(=O)N(C(N)=O)C(=O)C4C3CC3(Cl)C(=O)N(CBr)C(=O)C23Cl)cc(OC)c1O. The molecule has 4 aliphatic rings. The van der Waals surface area contributed by atoms with Crippen LogP contribution in [0.15, 0.2) is 29.9 Å². The Labute approximate surface area is 246 Å². The Morgan fingerprint density at radius 2 is 1.75 bits per heavy atom. The summed E-state index contributed by atoms with van der Waals surface area (Å²) in [4.78, 5) is 62.8. The number of fused-ring (bicyclic) bond motifs is 4. The third kappa shape index (κ3) is 3.65. The number of aromatic hydroxyl groups is 1. The summed E-state index contributed by atoms with van der Waals surface area (Å²) in [6.45, 7) is 0. The van der Waals surface area contributed by atoms with Gasteiger partial charge in [0.15, 0.2) is 21.2 Å². The molecule has 2 heterocycles. The first-order chi connectivity index (χ1) is 18.9. The Morgan fingerprint density at radius 3 is 2.30 bits per heavy atom. The molecule has 5 rings (SSSR count). The van der Waals surface area contributed by atoms with Gasteiger partial charge in [0.05, 0.1) is 31.5 Å². The van der Waals surface area contributed by atoms with E-state index in [-0.39, 0.29) is 35.5 Å². The molecule has 2 aliphatic carbocycles. The highest BCUT2D eigenvalue weighted by Gasteiger charge is 2.75. The molecular weight excluding hydrogens is 633 g/mol. The Hall–Kier alpha value is -3.09. The van der Waals surface area contributed by atoms with Crippen LogP contribution in [0.2, 0.25) is 0 Å². The van der Waals surface area contributed by atoms with E-state index in [1.54, 1.807) is 18.2 Å². The number of rotatable bonds is 5. The second-order valence-corrected chi connectivity index (χ2v) is 11.8. The molecule has 0 aromatic heterocycles. The van der Waals surface area contributed by atoms with Crippen molar-refractivity contribution in [3.05, 3.63) is 35.4 Å². The van der Waals surface area contributed by atoms with E-state index < -0.39 is 63.1 Å². The summed E-state index contributed by atoms with van der Waals surface area (Å²) >= 11 is 17.3. The zero-order valence-corrected chi connectivity index (χ0v) is 24.3. The number of primary amides is 1. The Balaban J connectivity index is 1.67. The molecule has 6 unspecified atom stereocenters. The van der Waals surface area contributed by atoms with Crippen LogP contribution in [0, 0.1) is 23.7 Å². The summed E-state index contributed by atoms with van der Waals surface area (Å²) in [6.07, 6.45) is 4.82. The molecule has 212 valence electrons. The molecule has 3 fully saturated rings. The van der Waals surface area contributed by atoms with Crippen LogP contribution < -0.4 is 15.2 Å². The van der Waals surface area contributed by atoms with Crippen molar-refractivity contribution in [3.63, 3.8) is 0 Å². The van der Waals surface area contributed by atoms with E-state index in [0.29, 0.717) is 16.0 Å². The van der Waals surface area contributed by atoms with Gasteiger partial charge >= 0.3 is 6.03 Å². The predicted octanol–water partition coefficient (Wildman–Crippen LogP) is 2.75. The number of allylic oxidation sites excluding steroid dienone is 3. The van der Waals surface area contributed by atoms with Crippen LogP contribution in [0.25, 0.3) is 6.08 Å². The van der Waals surface area contributed by atoms with Crippen LogP contribution in [0.1, 0.15) is 18.4 Å². The molecule has 3 N–H and O–H groups in total. The van der Waals surface area contributed by atoms with Crippen molar-refractivity contribution in [1.82, 2.24) is 9.80 Å². The normalized spacial score (nSPS) is 33.2. The van der Waals surface area contributed by atoms with E-state index in [1.165, 1.54) is 26.4 Å². The minimum absolute atomic E-state index is 0.0998. The number of nitrogens with zero attached hydrogens (tertiary/aromatic N) is 2. The maximum Gasteiger partial charge on any atom is 0.328 e. The predicted molar refractivity (Wildman–Crippen MR) is 146 cm³/mol. The summed E-state index contributed by atoms with van der Waals surface area (Å²) in [5.41, 5.74) is 6.23. The highest BCUT2D eigenvalue weighted by atomic mass is 79.9. The molecule has 0 bridgehead atoms. The van der Waals surface area contributed by atoms with Crippen LogP contribution in [0.5, 0.6) is 17.2 Å². The van der Waals surface area contributed by atoms with Crippen molar-refractivity contribution >= 4 is 74.9 Å². The third-order valence-electron chi connectivity index (χ3n) is 8.28. The molecule has 11 nitrogen and oxygen atoms in total. The van der Waals surface area contributed by atoms with E-state index in [2.05, 4.69) is 15.9 Å². The van der Waals surface area contributed by atoms with Gasteiger partial charge in [-0.15, -0.1) is 23.2 Å². The number of imide groups is 4. The number of carbonyl (C=O) groups excluding carboxylic acids is 5. The molecule has 0 radical (unpaired) electrons. The number of alkyl halides is 3. The number of halogens is 3. The van der Waals surface area contributed by atoms with Crippen molar-refractivity contribution in [2.24, 2.45) is 29.4 Å². The molecule has 2 aliphatic heterocycles. The van der Waals surface area contributed by atoms with E-state index in [4.69, 9.17) is 38.4 Å². The first kappa shape index (κ1) is 28.4. The monoisotopic (exact) mass is 655 g/mol. The lowest BCUT2D eigenvalue weighted by Crippen LogP contribution is -2.60. The third-order valence-corrected chi connectivity index (χ3v) is 10.2. The second-order valence-electron chi connectivity index (χ2n) is 10.0. The second kappa shape index (κ2) is 9.78. The van der Waals surface area contributed by atoms with E-state index in [0.717, 1.165) is 4.90 Å². The van der Waals surface area contributed by atoms with Gasteiger partial charge in [0.1, 0.15) is 0 Å². The zero-order chi connectivity index (χ0) is 29.3. The van der Waals surface area contributed by atoms with E-state index in [9.17, 15) is 29.1 Å². The van der Waals surface area contributed by atoms with Crippen LogP contribution >= 0.6 is 39.1 Å². The number of hydrogen-bond acceptors (Lipinski definition) is 8. The number of phenolic OH excluding ortho intramolecular Hbond substituents is 1. The molecule has 6 amide bonds. The number of nitrogens with two attached hydrogens (primary N) is 1. The molecule has 2 saturated heterocycles. The van der Waals surface area contributed by atoms with Gasteiger partial charge in [0.25, 0.3) is 11.8 Å². The van der Waals surface area contributed by atoms with Gasteiger partial charge in [-0.3, -0.25) is 24.1 Å². The Morgan fingerprint density at radius 1 is 1.12 bits per heavy atom. The van der Waals surface area contributed by atoms with Crippen LogP contribution in [-0.2, 0) is 19.2 Å². The molecule has 0 spiro atoms. The highest BCUT2D eigenvalue weighted by molar-refractivity contribution is 9.09. The lowest BCUT2D eigenvalue weighted by Gasteiger charge is -2.49. The van der Waals surface area contributed by atoms with Gasteiger partial charge in [-0.05, 0) is 36.5 Å². The standard InChI is InChI=1S/C26H24BrCl2N3O8/c1-39-16-7-11(8-17(40-2)19(16)33)3-6-15-12-4-5-13-18(21(35)32(20(13)34)24(30)38)14(12)9-25(28)22(36)31(10-27)23(37)26(15,25)29/h3-4,6-8,13-15,18,33H,5,9-10H2,1-2H3,(H2,30,38). The Kier molecular flexibility index (Phi) is 6.95. The fourth-order valence-corrected chi connectivity index (χ4v) is 7.82. The van der Waals surface area contributed by atoms with Crippen molar-refractivity contribution in [3.8, 4) is 17.2 Å². The molecule has 1 saturated carbocycles. The van der Waals surface area contributed by atoms with Gasteiger partial charge < -0.3 is 20.3 Å². The van der Waals surface area contributed by atoms with Crippen molar-refractivity contribution in [2.75, 3.05) is 19.7 Å². The smallest absolute Gasteiger partial charge is 0.328 e. The minimum Gasteiger partial charge on any atom is -0.502 e. The molecule has 6 atom stereocenters. The maximum absolute atomic E-state index is 13.7. The van der Waals surface area contributed by atoms with E-state index in [1.807, 2.05) is 0 Å². The summed E-state index contributed by atoms with van der Waals surface area (Å²) < 4.78 is 10.4. The maximum atomic E-state index is 13.7. The average molecular weight is 657 g/mol. The molecule has 40 heavy (non-hydrogen) atoms. The topological polar surface area (TPSA) is 157 Å².